The van der Waals surface area contributed by atoms with Crippen molar-refractivity contribution < 1.29 is 38.0 Å². The van der Waals surface area contributed by atoms with Gasteiger partial charge in [-0.15, -0.1) is 0 Å². The number of carbonyl (C=O) groups excluding carboxylic acids is 2. The minimum Gasteiger partial charge on any atom is -0.497 e. The maximum Gasteiger partial charge on any atom is 0.342 e. The van der Waals surface area contributed by atoms with Crippen molar-refractivity contribution >= 4 is 11.8 Å². The molecule has 0 saturated carbocycles. The van der Waals surface area contributed by atoms with Gasteiger partial charge in [0.05, 0.1) is 13.2 Å². The van der Waals surface area contributed by atoms with Crippen LogP contribution >= 0.6 is 0 Å². The first kappa shape index (κ1) is 26.2. The van der Waals surface area contributed by atoms with Crippen LogP contribution in [0.2, 0.25) is 0 Å². The summed E-state index contributed by atoms with van der Waals surface area (Å²) in [7, 11) is 3.08. The Morgan fingerprint density at radius 3 is 2.50 bits per heavy atom. The van der Waals surface area contributed by atoms with Gasteiger partial charge in [-0.3, -0.25) is 4.79 Å². The Labute approximate surface area is 201 Å². The predicted octanol–water partition coefficient (Wildman–Crippen LogP) is 4.40. The Morgan fingerprint density at radius 1 is 1.09 bits per heavy atom. The van der Waals surface area contributed by atoms with Crippen molar-refractivity contribution in [2.75, 3.05) is 21.0 Å². The third-order valence-corrected chi connectivity index (χ3v) is 6.35. The number of benzene rings is 1. The summed E-state index contributed by atoms with van der Waals surface area (Å²) >= 11 is 0. The fourth-order valence-electron chi connectivity index (χ4n) is 4.43. The van der Waals surface area contributed by atoms with Crippen LogP contribution in [0.5, 0.6) is 11.5 Å². The van der Waals surface area contributed by atoms with Crippen LogP contribution in [-0.2, 0) is 23.7 Å². The lowest BCUT2D eigenvalue weighted by Gasteiger charge is -2.28. The minimum absolute atomic E-state index is 0.0241. The molecule has 188 valence electrons. The Hall–Kier alpha value is -2.42. The third-order valence-electron chi connectivity index (χ3n) is 6.35. The van der Waals surface area contributed by atoms with Crippen LogP contribution in [0.15, 0.2) is 24.3 Å². The maximum atomic E-state index is 13.3. The van der Waals surface area contributed by atoms with E-state index < -0.39 is 30.1 Å². The Kier molecular flexibility index (Phi) is 8.38. The fourth-order valence-corrected chi connectivity index (χ4v) is 4.43. The number of hydrogen-bond acceptors (Lipinski definition) is 8. The summed E-state index contributed by atoms with van der Waals surface area (Å²) in [5.74, 6) is -0.691. The molecule has 0 amide bonds. The molecule has 0 N–H and O–H groups in total. The molecular formula is C26H36O8. The van der Waals surface area contributed by atoms with Crippen molar-refractivity contribution in [3.05, 3.63) is 35.4 Å². The van der Waals surface area contributed by atoms with E-state index >= 15 is 0 Å². The number of hydrogen-bond donors (Lipinski definition) is 0. The number of ketones is 1. The smallest absolute Gasteiger partial charge is 0.342 e. The first-order valence-electron chi connectivity index (χ1n) is 11.7. The van der Waals surface area contributed by atoms with Crippen molar-refractivity contribution in [2.24, 2.45) is 5.92 Å². The molecular weight excluding hydrogens is 440 g/mol. The van der Waals surface area contributed by atoms with Crippen LogP contribution in [-0.4, -0.2) is 56.9 Å². The molecule has 5 atom stereocenters. The molecule has 1 fully saturated rings. The Balaban J connectivity index is 2.08. The first-order chi connectivity index (χ1) is 16.1. The van der Waals surface area contributed by atoms with E-state index in [1.807, 2.05) is 26.8 Å². The molecule has 0 aliphatic carbocycles. The molecule has 0 aromatic heterocycles. The van der Waals surface area contributed by atoms with E-state index in [9.17, 15) is 9.59 Å². The van der Waals surface area contributed by atoms with Gasteiger partial charge < -0.3 is 28.4 Å². The van der Waals surface area contributed by atoms with E-state index in [1.54, 1.807) is 26.2 Å². The number of fused-ring (bicyclic) bond motifs is 2. The lowest BCUT2D eigenvalue weighted by molar-refractivity contribution is -0.153. The number of cyclic esters (lactones) is 1. The lowest BCUT2D eigenvalue weighted by Crippen LogP contribution is -2.32. The summed E-state index contributed by atoms with van der Waals surface area (Å²) in [6.45, 7) is 9.48. The van der Waals surface area contributed by atoms with Crippen molar-refractivity contribution in [3.8, 4) is 11.5 Å². The molecule has 0 spiro atoms. The quantitative estimate of drug-likeness (QED) is 0.467. The number of methoxy groups -OCH3 is 2. The number of ether oxygens (including phenoxy) is 6. The zero-order chi connectivity index (χ0) is 25.0. The van der Waals surface area contributed by atoms with Gasteiger partial charge in [0.25, 0.3) is 0 Å². The largest absolute Gasteiger partial charge is 0.497 e. The number of rotatable bonds is 4. The zero-order valence-corrected chi connectivity index (χ0v) is 21.1. The van der Waals surface area contributed by atoms with Gasteiger partial charge in [0.15, 0.2) is 18.4 Å². The topological polar surface area (TPSA) is 89.5 Å². The average molecular weight is 477 g/mol. The summed E-state index contributed by atoms with van der Waals surface area (Å²) < 4.78 is 34.1. The molecule has 2 heterocycles. The molecule has 1 aromatic rings. The van der Waals surface area contributed by atoms with Gasteiger partial charge in [0, 0.05) is 19.6 Å². The molecule has 1 saturated heterocycles. The van der Waals surface area contributed by atoms with Crippen molar-refractivity contribution in [1.29, 1.82) is 0 Å². The van der Waals surface area contributed by atoms with Crippen LogP contribution in [0, 0.1) is 5.92 Å². The van der Waals surface area contributed by atoms with Gasteiger partial charge in [0.2, 0.25) is 0 Å². The lowest BCUT2D eigenvalue weighted by atomic mass is 9.81. The summed E-state index contributed by atoms with van der Waals surface area (Å²) in [5, 5.41) is 0. The van der Waals surface area contributed by atoms with Gasteiger partial charge in [-0.1, -0.05) is 19.9 Å². The summed E-state index contributed by atoms with van der Waals surface area (Å²) in [6.07, 6.45) is 2.60. The molecule has 2 aliphatic heterocycles. The van der Waals surface area contributed by atoms with Crippen LogP contribution < -0.4 is 9.47 Å². The zero-order valence-electron chi connectivity index (χ0n) is 21.1. The van der Waals surface area contributed by atoms with E-state index in [4.69, 9.17) is 28.4 Å². The SMILES string of the molecule is COCOc1cc(OC)cc2c1C(=O)O[C@@H](C)C/C=C/C(=O)[C@H]1OC(C)(C)O[C@H]1CC(C)C2C. The van der Waals surface area contributed by atoms with E-state index in [-0.39, 0.29) is 24.4 Å². The molecule has 8 heteroatoms. The fraction of sp³-hybridized carbons (Fsp3) is 0.615. The Morgan fingerprint density at radius 2 is 1.82 bits per heavy atom. The normalized spacial score (nSPS) is 30.5. The van der Waals surface area contributed by atoms with Crippen molar-refractivity contribution in [3.63, 3.8) is 0 Å². The highest BCUT2D eigenvalue weighted by Gasteiger charge is 2.45. The van der Waals surface area contributed by atoms with Gasteiger partial charge in [0.1, 0.15) is 29.3 Å². The second kappa shape index (κ2) is 10.9. The van der Waals surface area contributed by atoms with E-state index in [2.05, 4.69) is 6.92 Å². The number of esters is 1. The molecule has 8 nitrogen and oxygen atoms in total. The highest BCUT2D eigenvalue weighted by molar-refractivity contribution is 5.95. The van der Waals surface area contributed by atoms with Gasteiger partial charge >= 0.3 is 5.97 Å². The molecule has 2 aliphatic rings. The molecule has 3 rings (SSSR count). The highest BCUT2D eigenvalue weighted by Crippen LogP contribution is 2.41. The van der Waals surface area contributed by atoms with Crippen LogP contribution in [0.3, 0.4) is 0 Å². The molecule has 0 bridgehead atoms. The van der Waals surface area contributed by atoms with Crippen LogP contribution in [0.1, 0.15) is 69.3 Å². The number of carbonyl (C=O) groups is 2. The summed E-state index contributed by atoms with van der Waals surface area (Å²) in [6, 6.07) is 3.50. The summed E-state index contributed by atoms with van der Waals surface area (Å²) in [5.41, 5.74) is 1.09. The molecule has 34 heavy (non-hydrogen) atoms. The third kappa shape index (κ3) is 5.98. The minimum atomic E-state index is -0.857. The van der Waals surface area contributed by atoms with E-state index in [0.717, 1.165) is 5.56 Å². The monoisotopic (exact) mass is 476 g/mol. The predicted molar refractivity (Wildman–Crippen MR) is 125 cm³/mol. The highest BCUT2D eigenvalue weighted by atomic mass is 16.8. The van der Waals surface area contributed by atoms with Crippen molar-refractivity contribution in [1.82, 2.24) is 0 Å². The van der Waals surface area contributed by atoms with Crippen molar-refractivity contribution in [2.45, 2.75) is 77.5 Å². The second-order valence-corrected chi connectivity index (χ2v) is 9.49. The first-order valence-corrected chi connectivity index (χ1v) is 11.7. The Bertz CT molecular complexity index is 922. The maximum absolute atomic E-state index is 13.3. The second-order valence-electron chi connectivity index (χ2n) is 9.49. The van der Waals surface area contributed by atoms with Gasteiger partial charge in [-0.05, 0) is 56.7 Å². The average Bonchev–Trinajstić information content (AvgIpc) is 3.09. The molecule has 2 unspecified atom stereocenters. The van der Waals surface area contributed by atoms with Crippen LogP contribution in [0.25, 0.3) is 0 Å². The van der Waals surface area contributed by atoms with E-state index in [0.29, 0.717) is 29.9 Å². The van der Waals surface area contributed by atoms with Gasteiger partial charge in [-0.25, -0.2) is 4.79 Å². The van der Waals surface area contributed by atoms with Gasteiger partial charge in [-0.2, -0.15) is 0 Å². The molecule has 1 aromatic carbocycles. The molecule has 0 radical (unpaired) electrons. The summed E-state index contributed by atoms with van der Waals surface area (Å²) in [4.78, 5) is 26.2. The standard InChI is InChI=1S/C26H36O8/c1-15-11-22-24(34-26(4,5)33-22)20(27)10-8-9-16(2)32-25(28)23-19(17(15)3)12-18(30-7)13-21(23)31-14-29-6/h8,10,12-13,15-17,22,24H,9,11,14H2,1-7H3/b10-8+/t15?,16-,17?,22-,24+/m0/s1. The van der Waals surface area contributed by atoms with E-state index in [1.165, 1.54) is 13.2 Å². The van der Waals surface area contributed by atoms with Crippen LogP contribution in [0.4, 0.5) is 0 Å².